The fourth-order valence-corrected chi connectivity index (χ4v) is 2.48. The number of nitrogens with two attached hydrogens (primary N) is 1. The Morgan fingerprint density at radius 2 is 2.00 bits per heavy atom. The number of fused-ring (bicyclic) bond motifs is 1. The summed E-state index contributed by atoms with van der Waals surface area (Å²) in [5.41, 5.74) is 6.20. The highest BCUT2D eigenvalue weighted by molar-refractivity contribution is 5.75. The molecule has 0 unspecified atom stereocenters. The molecule has 1 aliphatic rings. The topological polar surface area (TPSA) is 70.8 Å². The number of hydrogen-bond acceptors (Lipinski definition) is 4. The van der Waals surface area contributed by atoms with Gasteiger partial charge in [-0.1, -0.05) is 24.3 Å². The van der Waals surface area contributed by atoms with E-state index in [0.717, 1.165) is 29.9 Å². The molecule has 2 aromatic carbocycles. The molecule has 5 nitrogen and oxygen atoms in total. The molecular formula is C18H19NO4. The average molecular weight is 313 g/mol. The Kier molecular flexibility index (Phi) is 4.66. The van der Waals surface area contributed by atoms with Crippen LogP contribution in [0.5, 0.6) is 17.2 Å². The van der Waals surface area contributed by atoms with E-state index in [1.807, 2.05) is 48.5 Å². The lowest BCUT2D eigenvalue weighted by atomic mass is 10.1. The fourth-order valence-electron chi connectivity index (χ4n) is 2.48. The third-order valence-corrected chi connectivity index (χ3v) is 3.60. The Morgan fingerprint density at radius 3 is 2.83 bits per heavy atom. The summed E-state index contributed by atoms with van der Waals surface area (Å²) < 4.78 is 17.0. The minimum Gasteiger partial charge on any atom is -0.486 e. The van der Waals surface area contributed by atoms with Gasteiger partial charge >= 0.3 is 0 Å². The molecule has 1 atom stereocenters. The summed E-state index contributed by atoms with van der Waals surface area (Å²) in [6.45, 7) is 0.439. The van der Waals surface area contributed by atoms with Crippen molar-refractivity contribution in [3.63, 3.8) is 0 Å². The second kappa shape index (κ2) is 7.05. The van der Waals surface area contributed by atoms with Gasteiger partial charge in [0.15, 0.2) is 18.1 Å². The molecule has 0 saturated carbocycles. The van der Waals surface area contributed by atoms with E-state index in [-0.39, 0.29) is 12.7 Å². The predicted octanol–water partition coefficient (Wildman–Crippen LogP) is 2.32. The van der Waals surface area contributed by atoms with E-state index in [0.29, 0.717) is 12.4 Å². The van der Waals surface area contributed by atoms with Crippen molar-refractivity contribution in [1.29, 1.82) is 0 Å². The lowest BCUT2D eigenvalue weighted by Crippen LogP contribution is -2.29. The van der Waals surface area contributed by atoms with Gasteiger partial charge in [-0.3, -0.25) is 4.79 Å². The standard InChI is InChI=1S/C18H19NO4/c19-18(20)12-21-14-5-3-4-13(10-14)8-9-15-11-22-16-6-1-2-7-17(16)23-15/h1-7,10,15H,8-9,11-12H2,(H2,19,20)/t15-/m1/s1. The molecule has 0 spiro atoms. The highest BCUT2D eigenvalue weighted by atomic mass is 16.6. The summed E-state index contributed by atoms with van der Waals surface area (Å²) in [7, 11) is 0. The molecule has 5 heteroatoms. The van der Waals surface area contributed by atoms with Gasteiger partial charge in [0.05, 0.1) is 0 Å². The number of benzene rings is 2. The van der Waals surface area contributed by atoms with Crippen molar-refractivity contribution in [3.8, 4) is 17.2 Å². The summed E-state index contributed by atoms with van der Waals surface area (Å²) in [5, 5.41) is 0. The summed E-state index contributed by atoms with van der Waals surface area (Å²) in [5.74, 6) is 1.75. The van der Waals surface area contributed by atoms with Crippen molar-refractivity contribution in [1.82, 2.24) is 0 Å². The highest BCUT2D eigenvalue weighted by Crippen LogP contribution is 2.31. The van der Waals surface area contributed by atoms with Gasteiger partial charge in [0.25, 0.3) is 5.91 Å². The zero-order valence-electron chi connectivity index (χ0n) is 12.7. The summed E-state index contributed by atoms with van der Waals surface area (Å²) >= 11 is 0. The van der Waals surface area contributed by atoms with E-state index in [4.69, 9.17) is 19.9 Å². The molecule has 1 heterocycles. The lowest BCUT2D eigenvalue weighted by Gasteiger charge is -2.26. The van der Waals surface area contributed by atoms with E-state index in [1.54, 1.807) is 0 Å². The first-order valence-electron chi connectivity index (χ1n) is 7.59. The van der Waals surface area contributed by atoms with Gasteiger partial charge in [-0.25, -0.2) is 0 Å². The van der Waals surface area contributed by atoms with Crippen LogP contribution in [-0.2, 0) is 11.2 Å². The Labute approximate surface area is 135 Å². The zero-order valence-corrected chi connectivity index (χ0v) is 12.7. The largest absolute Gasteiger partial charge is 0.486 e. The van der Waals surface area contributed by atoms with Crippen LogP contribution in [-0.4, -0.2) is 25.2 Å². The van der Waals surface area contributed by atoms with E-state index in [2.05, 4.69) is 0 Å². The molecule has 23 heavy (non-hydrogen) atoms. The number of amides is 1. The Hall–Kier alpha value is -2.69. The summed E-state index contributed by atoms with van der Waals surface area (Å²) in [6, 6.07) is 15.3. The van der Waals surface area contributed by atoms with Crippen LogP contribution in [0.25, 0.3) is 0 Å². The van der Waals surface area contributed by atoms with Crippen molar-refractivity contribution in [2.45, 2.75) is 18.9 Å². The lowest BCUT2D eigenvalue weighted by molar-refractivity contribution is -0.119. The normalized spacial score (nSPS) is 15.9. The molecule has 0 aromatic heterocycles. The number of rotatable bonds is 6. The Morgan fingerprint density at radius 1 is 1.17 bits per heavy atom. The first-order chi connectivity index (χ1) is 11.2. The number of aryl methyl sites for hydroxylation is 1. The van der Waals surface area contributed by atoms with E-state index >= 15 is 0 Å². The first kappa shape index (κ1) is 15.2. The summed E-state index contributed by atoms with van der Waals surface area (Å²) in [6.07, 6.45) is 1.71. The number of carbonyl (C=O) groups is 1. The number of hydrogen-bond donors (Lipinski definition) is 1. The van der Waals surface area contributed by atoms with Crippen LogP contribution in [0.15, 0.2) is 48.5 Å². The quantitative estimate of drug-likeness (QED) is 0.888. The number of carbonyl (C=O) groups excluding carboxylic acids is 1. The van der Waals surface area contributed by atoms with Gasteiger partial charge in [-0.2, -0.15) is 0 Å². The van der Waals surface area contributed by atoms with Crippen LogP contribution < -0.4 is 19.9 Å². The Balaban J connectivity index is 1.55. The molecule has 0 bridgehead atoms. The average Bonchev–Trinajstić information content (AvgIpc) is 2.58. The first-order valence-corrected chi connectivity index (χ1v) is 7.59. The molecule has 2 aromatic rings. The van der Waals surface area contributed by atoms with Crippen LogP contribution in [0.3, 0.4) is 0 Å². The molecule has 3 rings (SSSR count). The molecule has 120 valence electrons. The van der Waals surface area contributed by atoms with Crippen LogP contribution in [0.2, 0.25) is 0 Å². The number of primary amides is 1. The van der Waals surface area contributed by atoms with Gasteiger partial charge in [-0.15, -0.1) is 0 Å². The molecule has 1 aliphatic heterocycles. The van der Waals surface area contributed by atoms with Gasteiger partial charge in [-0.05, 0) is 42.7 Å². The van der Waals surface area contributed by atoms with Crippen molar-refractivity contribution in [3.05, 3.63) is 54.1 Å². The van der Waals surface area contributed by atoms with Crippen LogP contribution in [0, 0.1) is 0 Å². The van der Waals surface area contributed by atoms with Gasteiger partial charge in [0.1, 0.15) is 18.5 Å². The maximum atomic E-state index is 10.8. The molecule has 0 radical (unpaired) electrons. The minimum absolute atomic E-state index is 0.0279. The van der Waals surface area contributed by atoms with Crippen LogP contribution in [0.1, 0.15) is 12.0 Å². The van der Waals surface area contributed by atoms with Crippen molar-refractivity contribution >= 4 is 5.91 Å². The molecular weight excluding hydrogens is 294 g/mol. The molecule has 0 aliphatic carbocycles. The third kappa shape index (κ3) is 4.16. The predicted molar refractivity (Wildman–Crippen MR) is 85.8 cm³/mol. The van der Waals surface area contributed by atoms with Crippen LogP contribution >= 0.6 is 0 Å². The van der Waals surface area contributed by atoms with Crippen LogP contribution in [0.4, 0.5) is 0 Å². The molecule has 1 amide bonds. The highest BCUT2D eigenvalue weighted by Gasteiger charge is 2.20. The van der Waals surface area contributed by atoms with E-state index in [9.17, 15) is 4.79 Å². The monoisotopic (exact) mass is 313 g/mol. The fraction of sp³-hybridized carbons (Fsp3) is 0.278. The van der Waals surface area contributed by atoms with Crippen molar-refractivity contribution in [2.24, 2.45) is 5.73 Å². The van der Waals surface area contributed by atoms with Gasteiger partial charge in [0.2, 0.25) is 0 Å². The zero-order chi connectivity index (χ0) is 16.1. The van der Waals surface area contributed by atoms with Crippen molar-refractivity contribution in [2.75, 3.05) is 13.2 Å². The maximum absolute atomic E-state index is 10.8. The van der Waals surface area contributed by atoms with Gasteiger partial charge in [0, 0.05) is 0 Å². The smallest absolute Gasteiger partial charge is 0.255 e. The second-order valence-corrected chi connectivity index (χ2v) is 5.44. The number of ether oxygens (including phenoxy) is 3. The third-order valence-electron chi connectivity index (χ3n) is 3.60. The van der Waals surface area contributed by atoms with Crippen molar-refractivity contribution < 1.29 is 19.0 Å². The van der Waals surface area contributed by atoms with E-state index < -0.39 is 5.91 Å². The SMILES string of the molecule is NC(=O)COc1cccc(CC[C@@H]2COc3ccccc3O2)c1. The Bertz CT molecular complexity index is 686. The number of para-hydroxylation sites is 2. The van der Waals surface area contributed by atoms with E-state index in [1.165, 1.54) is 0 Å². The molecule has 0 fully saturated rings. The molecule has 2 N–H and O–H groups in total. The van der Waals surface area contributed by atoms with Gasteiger partial charge < -0.3 is 19.9 Å². The maximum Gasteiger partial charge on any atom is 0.255 e. The molecule has 0 saturated heterocycles. The second-order valence-electron chi connectivity index (χ2n) is 5.44. The summed E-state index contributed by atoms with van der Waals surface area (Å²) in [4.78, 5) is 10.8. The minimum atomic E-state index is -0.484.